The molecule has 0 spiro atoms. The molecule has 0 aliphatic heterocycles. The summed E-state index contributed by atoms with van der Waals surface area (Å²) in [5, 5.41) is 2.33. The highest BCUT2D eigenvalue weighted by Crippen LogP contribution is 2.24. The number of anilines is 2. The van der Waals surface area contributed by atoms with Crippen molar-refractivity contribution in [1.29, 1.82) is 0 Å². The summed E-state index contributed by atoms with van der Waals surface area (Å²) in [6, 6.07) is 17.0. The molecule has 0 saturated heterocycles. The Balaban J connectivity index is 1.89. The molecule has 5 nitrogen and oxygen atoms in total. The Kier molecular flexibility index (Phi) is 5.41. The molecule has 0 atom stereocenters. The summed E-state index contributed by atoms with van der Waals surface area (Å²) in [6.45, 7) is 0. The summed E-state index contributed by atoms with van der Waals surface area (Å²) >= 11 is 0. The maximum atomic E-state index is 13.8. The predicted octanol–water partition coefficient (Wildman–Crippen LogP) is 4.04. The van der Waals surface area contributed by atoms with E-state index in [1.165, 1.54) is 31.3 Å². The fourth-order valence-electron chi connectivity index (χ4n) is 2.58. The van der Waals surface area contributed by atoms with Gasteiger partial charge in [0, 0.05) is 12.7 Å². The summed E-state index contributed by atoms with van der Waals surface area (Å²) in [4.78, 5) is 12.1. The van der Waals surface area contributed by atoms with E-state index in [-0.39, 0.29) is 10.6 Å². The molecule has 1 N–H and O–H groups in total. The third-order valence-corrected chi connectivity index (χ3v) is 5.84. The number of nitrogens with zero attached hydrogens (tertiary/aromatic N) is 1. The molecule has 0 radical (unpaired) electrons. The van der Waals surface area contributed by atoms with Gasteiger partial charge in [0.2, 0.25) is 0 Å². The number of nitrogens with one attached hydrogen (secondary N) is 1. The number of sulfonamides is 1. The Hall–Kier alpha value is -3.26. The minimum Gasteiger partial charge on any atom is -0.322 e. The van der Waals surface area contributed by atoms with Crippen molar-refractivity contribution in [2.24, 2.45) is 0 Å². The van der Waals surface area contributed by atoms with Crippen LogP contribution in [-0.2, 0) is 10.0 Å². The molecule has 3 aromatic rings. The highest BCUT2D eigenvalue weighted by atomic mass is 32.2. The molecule has 0 fully saturated rings. The van der Waals surface area contributed by atoms with E-state index in [1.807, 2.05) is 0 Å². The fraction of sp³-hybridized carbons (Fsp3) is 0.0500. The second kappa shape index (κ2) is 7.77. The van der Waals surface area contributed by atoms with Crippen molar-refractivity contribution in [3.8, 4) is 0 Å². The van der Waals surface area contributed by atoms with Gasteiger partial charge in [-0.2, -0.15) is 0 Å². The van der Waals surface area contributed by atoms with Crippen molar-refractivity contribution < 1.29 is 22.0 Å². The molecule has 0 bridgehead atoms. The zero-order valence-electron chi connectivity index (χ0n) is 14.8. The molecule has 0 heterocycles. The molecule has 0 aliphatic carbocycles. The minimum atomic E-state index is -3.90. The smallest absolute Gasteiger partial charge is 0.264 e. The molecule has 144 valence electrons. The van der Waals surface area contributed by atoms with Crippen molar-refractivity contribution in [2.45, 2.75) is 4.90 Å². The molecule has 0 aliphatic rings. The maximum absolute atomic E-state index is 13.8. The molecule has 0 aromatic heterocycles. The van der Waals surface area contributed by atoms with Crippen LogP contribution in [0.2, 0.25) is 0 Å². The van der Waals surface area contributed by atoms with Crippen molar-refractivity contribution in [1.82, 2.24) is 0 Å². The predicted molar refractivity (Wildman–Crippen MR) is 103 cm³/mol. The lowest BCUT2D eigenvalue weighted by atomic mass is 10.2. The first-order chi connectivity index (χ1) is 13.3. The topological polar surface area (TPSA) is 66.5 Å². The fourth-order valence-corrected chi connectivity index (χ4v) is 3.82. The van der Waals surface area contributed by atoms with Crippen LogP contribution in [0.1, 0.15) is 10.4 Å². The molecular weight excluding hydrogens is 386 g/mol. The van der Waals surface area contributed by atoms with Gasteiger partial charge in [0.15, 0.2) is 0 Å². The van der Waals surface area contributed by atoms with Crippen LogP contribution in [0.3, 0.4) is 0 Å². The third kappa shape index (κ3) is 3.86. The van der Waals surface area contributed by atoms with Crippen LogP contribution in [0.15, 0.2) is 77.7 Å². The van der Waals surface area contributed by atoms with Crippen molar-refractivity contribution >= 4 is 27.3 Å². The van der Waals surface area contributed by atoms with Crippen LogP contribution in [0.5, 0.6) is 0 Å². The van der Waals surface area contributed by atoms with Gasteiger partial charge >= 0.3 is 0 Å². The van der Waals surface area contributed by atoms with E-state index in [0.29, 0.717) is 5.69 Å². The highest BCUT2D eigenvalue weighted by molar-refractivity contribution is 7.92. The number of hydrogen-bond acceptors (Lipinski definition) is 3. The average Bonchev–Trinajstić information content (AvgIpc) is 2.68. The van der Waals surface area contributed by atoms with Gasteiger partial charge in [0.25, 0.3) is 15.9 Å². The Morgan fingerprint density at radius 1 is 0.893 bits per heavy atom. The maximum Gasteiger partial charge on any atom is 0.264 e. The SMILES string of the molecule is CN(c1ccccc1)S(=O)(=O)c1cccc(NC(=O)c2c(F)cccc2F)c1. The van der Waals surface area contributed by atoms with E-state index in [9.17, 15) is 22.0 Å². The molecule has 0 saturated carbocycles. The van der Waals surface area contributed by atoms with E-state index in [4.69, 9.17) is 0 Å². The van der Waals surface area contributed by atoms with E-state index < -0.39 is 33.1 Å². The van der Waals surface area contributed by atoms with Crippen LogP contribution in [-0.4, -0.2) is 21.4 Å². The summed E-state index contributed by atoms with van der Waals surface area (Å²) in [6.07, 6.45) is 0. The van der Waals surface area contributed by atoms with Gasteiger partial charge in [-0.25, -0.2) is 17.2 Å². The van der Waals surface area contributed by atoms with Gasteiger partial charge in [-0.1, -0.05) is 30.3 Å². The molecule has 1 amide bonds. The minimum absolute atomic E-state index is 0.0781. The normalized spacial score (nSPS) is 11.1. The summed E-state index contributed by atoms with van der Waals surface area (Å²) < 4.78 is 54.3. The first kappa shape index (κ1) is 19.5. The van der Waals surface area contributed by atoms with E-state index in [2.05, 4.69) is 5.32 Å². The Bertz CT molecular complexity index is 1100. The van der Waals surface area contributed by atoms with E-state index in [0.717, 1.165) is 22.5 Å². The molecule has 3 rings (SSSR count). The van der Waals surface area contributed by atoms with Gasteiger partial charge < -0.3 is 5.32 Å². The van der Waals surface area contributed by atoms with Crippen LogP contribution in [0, 0.1) is 11.6 Å². The quantitative estimate of drug-likeness (QED) is 0.700. The molecular formula is C20H16F2N2O3S. The zero-order valence-corrected chi connectivity index (χ0v) is 15.6. The first-order valence-corrected chi connectivity index (χ1v) is 9.64. The number of carbonyl (C=O) groups excluding carboxylic acids is 1. The largest absolute Gasteiger partial charge is 0.322 e. The summed E-state index contributed by atoms with van der Waals surface area (Å²) in [5.41, 5.74) is -0.183. The van der Waals surface area contributed by atoms with Crippen LogP contribution in [0.25, 0.3) is 0 Å². The zero-order chi connectivity index (χ0) is 20.3. The Morgan fingerprint density at radius 3 is 2.14 bits per heavy atom. The second-order valence-corrected chi connectivity index (χ2v) is 7.86. The summed E-state index contributed by atoms with van der Waals surface area (Å²) in [7, 11) is -2.49. The van der Waals surface area contributed by atoms with E-state index >= 15 is 0 Å². The van der Waals surface area contributed by atoms with Crippen molar-refractivity contribution in [3.63, 3.8) is 0 Å². The molecule has 3 aromatic carbocycles. The van der Waals surface area contributed by atoms with Gasteiger partial charge in [-0.05, 0) is 42.5 Å². The Labute approximate surface area is 161 Å². The number of halogens is 2. The number of para-hydroxylation sites is 1. The number of hydrogen-bond donors (Lipinski definition) is 1. The van der Waals surface area contributed by atoms with Crippen LogP contribution in [0.4, 0.5) is 20.2 Å². The lowest BCUT2D eigenvalue weighted by Gasteiger charge is -2.20. The third-order valence-electron chi connectivity index (χ3n) is 4.06. The van der Waals surface area contributed by atoms with Crippen molar-refractivity contribution in [2.75, 3.05) is 16.7 Å². The van der Waals surface area contributed by atoms with Crippen molar-refractivity contribution in [3.05, 3.63) is 90.0 Å². The highest BCUT2D eigenvalue weighted by Gasteiger charge is 2.22. The molecule has 8 heteroatoms. The van der Waals surface area contributed by atoms with Gasteiger partial charge in [0.1, 0.15) is 17.2 Å². The van der Waals surface area contributed by atoms with Gasteiger partial charge in [-0.3, -0.25) is 9.10 Å². The van der Waals surface area contributed by atoms with Gasteiger partial charge in [0.05, 0.1) is 10.6 Å². The number of rotatable bonds is 5. The lowest BCUT2D eigenvalue weighted by molar-refractivity contribution is 0.101. The first-order valence-electron chi connectivity index (χ1n) is 8.20. The number of carbonyl (C=O) groups is 1. The standard InChI is InChI=1S/C20H16F2N2O3S/c1-24(15-8-3-2-4-9-15)28(26,27)16-10-5-7-14(13-16)23-20(25)19-17(21)11-6-12-18(19)22/h2-13H,1H3,(H,23,25). The van der Waals surface area contributed by atoms with Crippen LogP contribution < -0.4 is 9.62 Å². The van der Waals surface area contributed by atoms with E-state index in [1.54, 1.807) is 30.3 Å². The average molecular weight is 402 g/mol. The lowest BCUT2D eigenvalue weighted by Crippen LogP contribution is -2.26. The monoisotopic (exact) mass is 402 g/mol. The molecule has 28 heavy (non-hydrogen) atoms. The Morgan fingerprint density at radius 2 is 1.50 bits per heavy atom. The number of benzene rings is 3. The second-order valence-electron chi connectivity index (χ2n) is 5.89. The number of amides is 1. The van der Waals surface area contributed by atoms with Crippen LogP contribution >= 0.6 is 0 Å². The summed E-state index contributed by atoms with van der Waals surface area (Å²) in [5.74, 6) is -3.03. The van der Waals surface area contributed by atoms with Gasteiger partial charge in [-0.15, -0.1) is 0 Å². The molecule has 0 unspecified atom stereocenters.